The van der Waals surface area contributed by atoms with Crippen molar-refractivity contribution in [2.24, 2.45) is 5.92 Å². The molecule has 1 aliphatic carbocycles. The average molecular weight is 328 g/mol. The van der Waals surface area contributed by atoms with E-state index in [1.54, 1.807) is 0 Å². The Kier molecular flexibility index (Phi) is 5.36. The van der Waals surface area contributed by atoms with Crippen molar-refractivity contribution in [1.29, 1.82) is 0 Å². The van der Waals surface area contributed by atoms with Gasteiger partial charge in [-0.3, -0.25) is 10.1 Å². The quantitative estimate of drug-likeness (QED) is 0.496. The van der Waals surface area contributed by atoms with E-state index in [1.165, 1.54) is 37.5 Å². The van der Waals surface area contributed by atoms with Crippen LogP contribution in [0.15, 0.2) is 18.2 Å². The minimum Gasteiger partial charge on any atom is -0.359 e. The summed E-state index contributed by atoms with van der Waals surface area (Å²) in [6, 6.07) is 4.60. The Bertz CT molecular complexity index is 553. The monoisotopic (exact) mass is 327 g/mol. The largest absolute Gasteiger partial charge is 0.359 e. The van der Waals surface area contributed by atoms with Crippen molar-refractivity contribution in [2.45, 2.75) is 38.6 Å². The smallest absolute Gasteiger partial charge is 0.271 e. The van der Waals surface area contributed by atoms with Crippen LogP contribution in [0, 0.1) is 16.0 Å². The van der Waals surface area contributed by atoms with Crippen molar-refractivity contribution >= 4 is 40.3 Å². The Morgan fingerprint density at radius 1 is 1.43 bits per heavy atom. The molecular formula is C14H18ClN3O2S. The molecule has 0 aromatic heterocycles. The van der Waals surface area contributed by atoms with Gasteiger partial charge < -0.3 is 10.6 Å². The first-order valence-electron chi connectivity index (χ1n) is 6.99. The van der Waals surface area contributed by atoms with Crippen molar-refractivity contribution in [3.63, 3.8) is 0 Å². The minimum absolute atomic E-state index is 0.0178. The van der Waals surface area contributed by atoms with E-state index < -0.39 is 4.92 Å². The fourth-order valence-corrected chi connectivity index (χ4v) is 3.01. The van der Waals surface area contributed by atoms with Gasteiger partial charge in [-0.2, -0.15) is 0 Å². The van der Waals surface area contributed by atoms with E-state index in [4.69, 9.17) is 23.8 Å². The minimum atomic E-state index is -0.457. The second kappa shape index (κ2) is 7.04. The first-order chi connectivity index (χ1) is 9.97. The van der Waals surface area contributed by atoms with Gasteiger partial charge in [0.15, 0.2) is 5.11 Å². The Hall–Kier alpha value is -1.40. The molecule has 0 unspecified atom stereocenters. The highest BCUT2D eigenvalue weighted by Crippen LogP contribution is 2.27. The maximum Gasteiger partial charge on any atom is 0.271 e. The Morgan fingerprint density at radius 3 is 2.81 bits per heavy atom. The lowest BCUT2D eigenvalue weighted by Gasteiger charge is -2.30. The number of nitrogens with zero attached hydrogens (tertiary/aromatic N) is 1. The SMILES string of the molecule is C[C@H]1CCCC[C@H]1NC(=S)Nc1cc([N+](=O)[O-])ccc1Cl. The maximum atomic E-state index is 10.8. The number of halogens is 1. The number of non-ortho nitro benzene ring substituents is 1. The van der Waals surface area contributed by atoms with Crippen molar-refractivity contribution in [3.8, 4) is 0 Å². The summed E-state index contributed by atoms with van der Waals surface area (Å²) in [7, 11) is 0. The van der Waals surface area contributed by atoms with E-state index in [0.717, 1.165) is 6.42 Å². The van der Waals surface area contributed by atoms with Crippen LogP contribution in [0.4, 0.5) is 11.4 Å². The third-order valence-corrected chi connectivity index (χ3v) is 4.39. The summed E-state index contributed by atoms with van der Waals surface area (Å²) < 4.78 is 0. The molecule has 1 saturated carbocycles. The number of hydrogen-bond donors (Lipinski definition) is 2. The van der Waals surface area contributed by atoms with Crippen molar-refractivity contribution < 1.29 is 4.92 Å². The molecule has 114 valence electrons. The predicted octanol–water partition coefficient (Wildman–Crippen LogP) is 4.11. The normalized spacial score (nSPS) is 21.6. The van der Waals surface area contributed by atoms with E-state index in [2.05, 4.69) is 17.6 Å². The van der Waals surface area contributed by atoms with Gasteiger partial charge in [0.2, 0.25) is 0 Å². The molecular weight excluding hydrogens is 310 g/mol. The number of rotatable bonds is 3. The Labute approximate surface area is 134 Å². The lowest BCUT2D eigenvalue weighted by atomic mass is 9.86. The van der Waals surface area contributed by atoms with Crippen molar-refractivity contribution in [1.82, 2.24) is 5.32 Å². The molecule has 0 saturated heterocycles. The Balaban J connectivity index is 2.02. The van der Waals surface area contributed by atoms with Gasteiger partial charge in [0, 0.05) is 18.2 Å². The topological polar surface area (TPSA) is 67.2 Å². The summed E-state index contributed by atoms with van der Waals surface area (Å²) in [6.07, 6.45) is 4.74. The highest BCUT2D eigenvalue weighted by molar-refractivity contribution is 7.80. The summed E-state index contributed by atoms with van der Waals surface area (Å²) in [5.41, 5.74) is 0.433. The molecule has 1 fully saturated rings. The summed E-state index contributed by atoms with van der Waals surface area (Å²) >= 11 is 11.3. The molecule has 2 N–H and O–H groups in total. The standard InChI is InChI=1S/C14H18ClN3O2S/c1-9-4-2-3-5-12(9)16-14(21)17-13-8-10(18(19)20)6-7-11(13)15/h6-9,12H,2-5H2,1H3,(H2,16,17,21)/t9-,12+/m0/s1. The fourth-order valence-electron chi connectivity index (χ4n) is 2.58. The van der Waals surface area contributed by atoms with Crippen LogP contribution in [-0.2, 0) is 0 Å². The van der Waals surface area contributed by atoms with Gasteiger partial charge in [-0.1, -0.05) is 31.4 Å². The number of nitro groups is 1. The molecule has 1 aromatic carbocycles. The van der Waals surface area contributed by atoms with Crippen LogP contribution in [-0.4, -0.2) is 16.1 Å². The lowest BCUT2D eigenvalue weighted by molar-refractivity contribution is -0.384. The summed E-state index contributed by atoms with van der Waals surface area (Å²) in [4.78, 5) is 10.3. The van der Waals surface area contributed by atoms with E-state index in [0.29, 0.717) is 27.8 Å². The molecule has 0 aliphatic heterocycles. The zero-order valence-corrected chi connectivity index (χ0v) is 13.3. The third-order valence-electron chi connectivity index (χ3n) is 3.84. The van der Waals surface area contributed by atoms with E-state index in [9.17, 15) is 10.1 Å². The zero-order chi connectivity index (χ0) is 15.4. The number of hydrogen-bond acceptors (Lipinski definition) is 3. The molecule has 5 nitrogen and oxygen atoms in total. The van der Waals surface area contributed by atoms with E-state index in [1.807, 2.05) is 0 Å². The van der Waals surface area contributed by atoms with Crippen LogP contribution in [0.3, 0.4) is 0 Å². The van der Waals surface area contributed by atoms with Gasteiger partial charge in [-0.05, 0) is 37.0 Å². The molecule has 0 bridgehead atoms. The van der Waals surface area contributed by atoms with Crippen LogP contribution in [0.1, 0.15) is 32.6 Å². The molecule has 2 atom stereocenters. The summed E-state index contributed by atoms with van der Waals surface area (Å²) in [5, 5.41) is 17.9. The first-order valence-corrected chi connectivity index (χ1v) is 7.77. The van der Waals surface area contributed by atoms with Gasteiger partial charge in [-0.25, -0.2) is 0 Å². The molecule has 1 aromatic rings. The molecule has 2 rings (SSSR count). The number of anilines is 1. The molecule has 0 spiro atoms. The lowest BCUT2D eigenvalue weighted by Crippen LogP contribution is -2.43. The molecule has 0 amide bonds. The fraction of sp³-hybridized carbons (Fsp3) is 0.500. The number of benzene rings is 1. The average Bonchev–Trinajstić information content (AvgIpc) is 2.43. The van der Waals surface area contributed by atoms with Crippen LogP contribution in [0.5, 0.6) is 0 Å². The van der Waals surface area contributed by atoms with Crippen LogP contribution in [0.2, 0.25) is 5.02 Å². The molecule has 1 aliphatic rings. The molecule has 0 heterocycles. The second-order valence-corrected chi connectivity index (χ2v) is 6.20. The van der Waals surface area contributed by atoms with E-state index in [-0.39, 0.29) is 5.69 Å². The van der Waals surface area contributed by atoms with Crippen molar-refractivity contribution in [2.75, 3.05) is 5.32 Å². The maximum absolute atomic E-state index is 10.8. The van der Waals surface area contributed by atoms with Gasteiger partial charge in [0.05, 0.1) is 15.6 Å². The molecule has 7 heteroatoms. The van der Waals surface area contributed by atoms with Gasteiger partial charge in [0.1, 0.15) is 0 Å². The second-order valence-electron chi connectivity index (χ2n) is 5.39. The van der Waals surface area contributed by atoms with E-state index >= 15 is 0 Å². The third kappa shape index (κ3) is 4.28. The number of thiocarbonyl (C=S) groups is 1. The summed E-state index contributed by atoms with van der Waals surface area (Å²) in [5.74, 6) is 0.569. The molecule has 0 radical (unpaired) electrons. The van der Waals surface area contributed by atoms with Crippen LogP contribution in [0.25, 0.3) is 0 Å². The van der Waals surface area contributed by atoms with Gasteiger partial charge in [-0.15, -0.1) is 0 Å². The van der Waals surface area contributed by atoms with Gasteiger partial charge in [0.25, 0.3) is 5.69 Å². The highest BCUT2D eigenvalue weighted by Gasteiger charge is 2.22. The number of nitro benzene ring substituents is 1. The van der Waals surface area contributed by atoms with Crippen LogP contribution >= 0.6 is 23.8 Å². The first kappa shape index (κ1) is 16.0. The molecule has 21 heavy (non-hydrogen) atoms. The summed E-state index contributed by atoms with van der Waals surface area (Å²) in [6.45, 7) is 2.21. The Morgan fingerprint density at radius 2 is 2.14 bits per heavy atom. The highest BCUT2D eigenvalue weighted by atomic mass is 35.5. The zero-order valence-electron chi connectivity index (χ0n) is 11.8. The van der Waals surface area contributed by atoms with Crippen molar-refractivity contribution in [3.05, 3.63) is 33.3 Å². The predicted molar refractivity (Wildman–Crippen MR) is 88.9 cm³/mol. The van der Waals surface area contributed by atoms with Gasteiger partial charge >= 0.3 is 0 Å². The number of nitrogens with one attached hydrogen (secondary N) is 2. The van der Waals surface area contributed by atoms with Crippen LogP contribution < -0.4 is 10.6 Å².